The van der Waals surface area contributed by atoms with Crippen molar-refractivity contribution in [2.75, 3.05) is 0 Å². The van der Waals surface area contributed by atoms with Gasteiger partial charge in [-0.15, -0.1) is 11.8 Å². The van der Waals surface area contributed by atoms with Crippen molar-refractivity contribution in [2.45, 2.75) is 48.4 Å². The zero-order chi connectivity index (χ0) is 18.7. The Labute approximate surface area is 159 Å². The SMILES string of the molecule is Cc1c(SC(C)C)ccnc1CSc1nc2ccc(OC(F)F)cc2[nH]1. The van der Waals surface area contributed by atoms with Crippen LogP contribution in [0.1, 0.15) is 25.1 Å². The van der Waals surface area contributed by atoms with E-state index in [4.69, 9.17) is 0 Å². The third kappa shape index (κ3) is 4.67. The summed E-state index contributed by atoms with van der Waals surface area (Å²) < 4.78 is 29.1. The topological polar surface area (TPSA) is 50.8 Å². The number of aromatic nitrogens is 3. The van der Waals surface area contributed by atoms with Gasteiger partial charge in [-0.1, -0.05) is 25.6 Å². The molecule has 0 spiro atoms. The van der Waals surface area contributed by atoms with Crippen LogP contribution in [0.5, 0.6) is 5.75 Å². The van der Waals surface area contributed by atoms with Gasteiger partial charge < -0.3 is 9.72 Å². The molecule has 0 amide bonds. The highest BCUT2D eigenvalue weighted by atomic mass is 32.2. The predicted molar refractivity (Wildman–Crippen MR) is 102 cm³/mol. The fourth-order valence-electron chi connectivity index (χ4n) is 2.43. The molecule has 26 heavy (non-hydrogen) atoms. The van der Waals surface area contributed by atoms with Gasteiger partial charge in [-0.3, -0.25) is 4.98 Å². The van der Waals surface area contributed by atoms with E-state index in [0.29, 0.717) is 22.0 Å². The number of rotatable bonds is 7. The molecule has 2 aromatic heterocycles. The number of nitrogens with zero attached hydrogens (tertiary/aromatic N) is 2. The minimum Gasteiger partial charge on any atom is -0.435 e. The Morgan fingerprint density at radius 2 is 2.04 bits per heavy atom. The van der Waals surface area contributed by atoms with E-state index in [-0.39, 0.29) is 5.75 Å². The number of fused-ring (bicyclic) bond motifs is 1. The molecule has 0 saturated heterocycles. The number of hydrogen-bond acceptors (Lipinski definition) is 5. The van der Waals surface area contributed by atoms with Crippen molar-refractivity contribution < 1.29 is 13.5 Å². The first-order valence-corrected chi connectivity index (χ1v) is 9.97. The molecule has 0 aliphatic rings. The molecule has 4 nitrogen and oxygen atoms in total. The van der Waals surface area contributed by atoms with Gasteiger partial charge in [0, 0.05) is 28.2 Å². The smallest absolute Gasteiger partial charge is 0.387 e. The van der Waals surface area contributed by atoms with Crippen LogP contribution in [-0.4, -0.2) is 26.8 Å². The zero-order valence-electron chi connectivity index (χ0n) is 14.6. The van der Waals surface area contributed by atoms with E-state index in [0.717, 1.165) is 10.9 Å². The van der Waals surface area contributed by atoms with Gasteiger partial charge in [0.05, 0.1) is 16.7 Å². The van der Waals surface area contributed by atoms with Crippen LogP contribution in [0.4, 0.5) is 8.78 Å². The molecule has 1 N–H and O–H groups in total. The maximum absolute atomic E-state index is 12.3. The van der Waals surface area contributed by atoms with E-state index < -0.39 is 6.61 Å². The van der Waals surface area contributed by atoms with Crippen molar-refractivity contribution in [3.05, 3.63) is 41.7 Å². The van der Waals surface area contributed by atoms with Gasteiger partial charge in [-0.05, 0) is 30.7 Å². The van der Waals surface area contributed by atoms with Gasteiger partial charge in [0.15, 0.2) is 5.16 Å². The quantitative estimate of drug-likeness (QED) is 0.523. The first-order chi connectivity index (χ1) is 12.4. The van der Waals surface area contributed by atoms with Crippen LogP contribution in [0.2, 0.25) is 0 Å². The number of ether oxygens (including phenoxy) is 1. The molecule has 138 valence electrons. The Kier molecular flexibility index (Phi) is 6.03. The van der Waals surface area contributed by atoms with Crippen molar-refractivity contribution in [1.82, 2.24) is 15.0 Å². The van der Waals surface area contributed by atoms with Crippen LogP contribution in [-0.2, 0) is 5.75 Å². The third-order valence-corrected chi connectivity index (χ3v) is 5.68. The number of halogens is 2. The zero-order valence-corrected chi connectivity index (χ0v) is 16.3. The van der Waals surface area contributed by atoms with Crippen LogP contribution in [0.3, 0.4) is 0 Å². The van der Waals surface area contributed by atoms with E-state index >= 15 is 0 Å². The summed E-state index contributed by atoms with van der Waals surface area (Å²) >= 11 is 3.36. The molecule has 0 fully saturated rings. The summed E-state index contributed by atoms with van der Waals surface area (Å²) in [6.45, 7) is 3.58. The molecule has 2 heterocycles. The molecule has 0 saturated carbocycles. The Hall–Kier alpha value is -1.80. The summed E-state index contributed by atoms with van der Waals surface area (Å²) in [7, 11) is 0. The fourth-order valence-corrected chi connectivity index (χ4v) is 4.28. The van der Waals surface area contributed by atoms with E-state index in [9.17, 15) is 8.78 Å². The molecule has 0 aliphatic heterocycles. The van der Waals surface area contributed by atoms with Crippen molar-refractivity contribution >= 4 is 34.6 Å². The van der Waals surface area contributed by atoms with Gasteiger partial charge in [0.2, 0.25) is 0 Å². The minimum atomic E-state index is -2.84. The highest BCUT2D eigenvalue weighted by Gasteiger charge is 2.11. The van der Waals surface area contributed by atoms with Crippen LogP contribution in [0.25, 0.3) is 11.0 Å². The van der Waals surface area contributed by atoms with E-state index in [1.54, 1.807) is 6.07 Å². The van der Waals surface area contributed by atoms with Crippen molar-refractivity contribution in [2.24, 2.45) is 0 Å². The van der Waals surface area contributed by atoms with Gasteiger partial charge >= 0.3 is 6.61 Å². The lowest BCUT2D eigenvalue weighted by molar-refractivity contribution is -0.0497. The fraction of sp³-hybridized carbons (Fsp3) is 0.333. The van der Waals surface area contributed by atoms with Crippen molar-refractivity contribution in [1.29, 1.82) is 0 Å². The largest absolute Gasteiger partial charge is 0.435 e. The third-order valence-electron chi connectivity index (χ3n) is 3.62. The molecule has 8 heteroatoms. The highest BCUT2D eigenvalue weighted by molar-refractivity contribution is 8.00. The number of benzene rings is 1. The summed E-state index contributed by atoms with van der Waals surface area (Å²) in [4.78, 5) is 13.3. The van der Waals surface area contributed by atoms with E-state index in [2.05, 4.69) is 40.5 Å². The number of hydrogen-bond donors (Lipinski definition) is 1. The summed E-state index contributed by atoms with van der Waals surface area (Å²) in [5.74, 6) is 0.794. The molecular formula is C18H19F2N3OS2. The van der Waals surface area contributed by atoms with Crippen molar-refractivity contribution in [3.8, 4) is 5.75 Å². The lowest BCUT2D eigenvalue weighted by Crippen LogP contribution is -2.01. The van der Waals surface area contributed by atoms with Gasteiger partial charge in [0.25, 0.3) is 0 Å². The average molecular weight is 396 g/mol. The molecule has 0 aliphatic carbocycles. The molecule has 1 aromatic carbocycles. The monoisotopic (exact) mass is 395 g/mol. The Bertz CT molecular complexity index is 899. The van der Waals surface area contributed by atoms with Gasteiger partial charge in [-0.2, -0.15) is 8.78 Å². The average Bonchev–Trinajstić information content (AvgIpc) is 2.97. The number of nitrogens with one attached hydrogen (secondary N) is 1. The molecule has 0 bridgehead atoms. The number of pyridine rings is 1. The molecule has 3 aromatic rings. The van der Waals surface area contributed by atoms with E-state index in [1.807, 2.05) is 24.0 Å². The number of imidazole rings is 1. The lowest BCUT2D eigenvalue weighted by atomic mass is 10.2. The number of aromatic amines is 1. The molecule has 3 rings (SSSR count). The second-order valence-electron chi connectivity index (χ2n) is 5.94. The number of H-pyrrole nitrogens is 1. The number of alkyl halides is 2. The summed E-state index contributed by atoms with van der Waals surface area (Å²) in [5.41, 5.74) is 3.58. The van der Waals surface area contributed by atoms with Crippen molar-refractivity contribution in [3.63, 3.8) is 0 Å². The summed E-state index contributed by atoms with van der Waals surface area (Å²) in [6.07, 6.45) is 1.83. The van der Waals surface area contributed by atoms with Crippen LogP contribution in [0, 0.1) is 6.92 Å². The first-order valence-electron chi connectivity index (χ1n) is 8.11. The lowest BCUT2D eigenvalue weighted by Gasteiger charge is -2.11. The maximum Gasteiger partial charge on any atom is 0.387 e. The second kappa shape index (κ2) is 8.26. The second-order valence-corrected chi connectivity index (χ2v) is 8.52. The highest BCUT2D eigenvalue weighted by Crippen LogP contribution is 2.30. The molecule has 0 unspecified atom stereocenters. The predicted octanol–water partition coefficient (Wildman–Crippen LogP) is 5.66. The van der Waals surface area contributed by atoms with Gasteiger partial charge in [0.1, 0.15) is 5.75 Å². The molecule has 0 atom stereocenters. The Morgan fingerprint density at radius 1 is 1.23 bits per heavy atom. The Morgan fingerprint density at radius 3 is 2.77 bits per heavy atom. The Balaban J connectivity index is 1.73. The summed E-state index contributed by atoms with van der Waals surface area (Å²) in [6, 6.07) is 6.72. The van der Waals surface area contributed by atoms with Crippen LogP contribution < -0.4 is 4.74 Å². The van der Waals surface area contributed by atoms with Crippen LogP contribution >= 0.6 is 23.5 Å². The normalized spacial score (nSPS) is 11.7. The minimum absolute atomic E-state index is 0.114. The molecular weight excluding hydrogens is 376 g/mol. The number of thioether (sulfide) groups is 2. The maximum atomic E-state index is 12.3. The van der Waals surface area contributed by atoms with E-state index in [1.165, 1.54) is 34.4 Å². The van der Waals surface area contributed by atoms with Crippen LogP contribution in [0.15, 0.2) is 40.5 Å². The summed E-state index contributed by atoms with van der Waals surface area (Å²) in [5, 5.41) is 1.23. The standard InChI is InChI=1S/C18H19F2N3OS2/c1-10(2)26-16-6-7-21-15(11(16)3)9-25-18-22-13-5-4-12(24-17(19)20)8-14(13)23-18/h4-8,10,17H,9H2,1-3H3,(H,22,23). The van der Waals surface area contributed by atoms with Gasteiger partial charge in [-0.25, -0.2) is 4.98 Å². The first kappa shape index (κ1) is 19.0. The molecule has 0 radical (unpaired) electrons.